The summed E-state index contributed by atoms with van der Waals surface area (Å²) in [5.41, 5.74) is 2.16. The molecular formula is C20H21N3O5S. The number of carbonyl (C=O) groups is 2. The van der Waals surface area contributed by atoms with Gasteiger partial charge in [0.15, 0.2) is 0 Å². The van der Waals surface area contributed by atoms with E-state index in [1.165, 1.54) is 0 Å². The Morgan fingerprint density at radius 2 is 1.83 bits per heavy atom. The van der Waals surface area contributed by atoms with Crippen LogP contribution in [0.5, 0.6) is 5.75 Å². The van der Waals surface area contributed by atoms with Crippen LogP contribution in [-0.4, -0.2) is 32.8 Å². The summed E-state index contributed by atoms with van der Waals surface area (Å²) in [6.07, 6.45) is 1.90. The first-order chi connectivity index (χ1) is 13.9. The van der Waals surface area contributed by atoms with E-state index in [0.29, 0.717) is 24.3 Å². The van der Waals surface area contributed by atoms with Crippen molar-refractivity contribution in [1.29, 1.82) is 0 Å². The van der Waals surface area contributed by atoms with Gasteiger partial charge in [-0.15, -0.1) is 0 Å². The molecule has 2 N–H and O–H groups in total. The van der Waals surface area contributed by atoms with Gasteiger partial charge in [-0.1, -0.05) is 36.4 Å². The number of anilines is 1. The molecule has 2 saturated heterocycles. The molecule has 0 bridgehead atoms. The van der Waals surface area contributed by atoms with Gasteiger partial charge in [0.25, 0.3) is 5.91 Å². The van der Waals surface area contributed by atoms with Gasteiger partial charge in [-0.25, -0.2) is 9.03 Å². The Morgan fingerprint density at radius 3 is 2.48 bits per heavy atom. The van der Waals surface area contributed by atoms with E-state index in [-0.39, 0.29) is 25.1 Å². The van der Waals surface area contributed by atoms with Crippen LogP contribution in [0.15, 0.2) is 48.5 Å². The zero-order chi connectivity index (χ0) is 20.4. The molecule has 2 aromatic rings. The van der Waals surface area contributed by atoms with Crippen molar-refractivity contribution in [2.75, 3.05) is 10.8 Å². The molecule has 2 heterocycles. The molecule has 8 nitrogen and oxygen atoms in total. The van der Waals surface area contributed by atoms with Crippen LogP contribution in [0.3, 0.4) is 0 Å². The van der Waals surface area contributed by atoms with Crippen LogP contribution in [0, 0.1) is 0 Å². The number of hydrogen-bond donors (Lipinski definition) is 2. The summed E-state index contributed by atoms with van der Waals surface area (Å²) >= 11 is 0. The first-order valence-corrected chi connectivity index (χ1v) is 10.8. The fraction of sp³-hybridized carbons (Fsp3) is 0.300. The fourth-order valence-electron chi connectivity index (χ4n) is 3.52. The van der Waals surface area contributed by atoms with Crippen molar-refractivity contribution in [2.24, 2.45) is 0 Å². The summed E-state index contributed by atoms with van der Waals surface area (Å²) in [6, 6.07) is 14.8. The van der Waals surface area contributed by atoms with Gasteiger partial charge in [-0.2, -0.15) is 8.42 Å². The van der Waals surface area contributed by atoms with Crippen LogP contribution in [0.25, 0.3) is 0 Å². The van der Waals surface area contributed by atoms with E-state index in [9.17, 15) is 18.0 Å². The van der Waals surface area contributed by atoms with Gasteiger partial charge in [0.05, 0.1) is 5.69 Å². The molecule has 1 atom stereocenters. The molecule has 0 aliphatic carbocycles. The van der Waals surface area contributed by atoms with Gasteiger partial charge >= 0.3 is 10.2 Å². The molecular weight excluding hydrogens is 394 g/mol. The average molecular weight is 415 g/mol. The second kappa shape index (κ2) is 7.75. The van der Waals surface area contributed by atoms with Gasteiger partial charge in [-0.05, 0) is 36.1 Å². The van der Waals surface area contributed by atoms with E-state index in [0.717, 1.165) is 21.9 Å². The van der Waals surface area contributed by atoms with E-state index in [4.69, 9.17) is 4.74 Å². The normalized spacial score (nSPS) is 20.4. The maximum atomic E-state index is 12.3. The van der Waals surface area contributed by atoms with E-state index >= 15 is 0 Å². The van der Waals surface area contributed by atoms with Crippen molar-refractivity contribution >= 4 is 27.7 Å². The maximum Gasteiger partial charge on any atom is 0.326 e. The van der Waals surface area contributed by atoms with Gasteiger partial charge in [0.1, 0.15) is 18.9 Å². The molecule has 2 aliphatic heterocycles. The third-order valence-electron chi connectivity index (χ3n) is 4.92. The predicted molar refractivity (Wildman–Crippen MR) is 106 cm³/mol. The molecule has 4 rings (SSSR count). The number of nitrogens with zero attached hydrogens (tertiary/aromatic N) is 1. The molecule has 0 aromatic heterocycles. The SMILES string of the molecule is O=C1CC[C@@H](Cc2ccc(N3CC(=O)NS3(=O)=O)c(OCc3ccccc3)c2)N1. The van der Waals surface area contributed by atoms with E-state index in [1.807, 2.05) is 35.1 Å². The van der Waals surface area contributed by atoms with Gasteiger partial charge in [0, 0.05) is 12.5 Å². The van der Waals surface area contributed by atoms with Crippen LogP contribution >= 0.6 is 0 Å². The number of rotatable bonds is 6. The minimum absolute atomic E-state index is 0.0416. The largest absolute Gasteiger partial charge is 0.487 e. The van der Waals surface area contributed by atoms with Gasteiger partial charge in [-0.3, -0.25) is 9.59 Å². The first kappa shape index (κ1) is 19.3. The van der Waals surface area contributed by atoms with Crippen molar-refractivity contribution in [3.8, 4) is 5.75 Å². The zero-order valence-electron chi connectivity index (χ0n) is 15.6. The highest BCUT2D eigenvalue weighted by Gasteiger charge is 2.36. The second-order valence-corrected chi connectivity index (χ2v) is 8.72. The quantitative estimate of drug-likeness (QED) is 0.739. The van der Waals surface area contributed by atoms with E-state index in [2.05, 4.69) is 5.32 Å². The lowest BCUT2D eigenvalue weighted by atomic mass is 10.0. The molecule has 0 unspecified atom stereocenters. The van der Waals surface area contributed by atoms with Gasteiger partial charge in [0.2, 0.25) is 5.91 Å². The molecule has 2 aromatic carbocycles. The molecule has 9 heteroatoms. The topological polar surface area (TPSA) is 105 Å². The summed E-state index contributed by atoms with van der Waals surface area (Å²) < 4.78 is 33.5. The average Bonchev–Trinajstić information content (AvgIpc) is 3.22. The van der Waals surface area contributed by atoms with Crippen LogP contribution in [0.1, 0.15) is 24.0 Å². The summed E-state index contributed by atoms with van der Waals surface area (Å²) in [5.74, 6) is -0.174. The predicted octanol–water partition coefficient (Wildman–Crippen LogP) is 1.27. The number of hydrogen-bond acceptors (Lipinski definition) is 5. The smallest absolute Gasteiger partial charge is 0.326 e. The molecule has 2 fully saturated rings. The van der Waals surface area contributed by atoms with Gasteiger partial charge < -0.3 is 10.1 Å². The maximum absolute atomic E-state index is 12.3. The Morgan fingerprint density at radius 1 is 1.03 bits per heavy atom. The number of nitrogens with one attached hydrogen (secondary N) is 2. The Kier molecular flexibility index (Phi) is 5.14. The number of ether oxygens (including phenoxy) is 1. The van der Waals surface area contributed by atoms with E-state index in [1.54, 1.807) is 18.2 Å². The highest BCUT2D eigenvalue weighted by atomic mass is 32.2. The van der Waals surface area contributed by atoms with Crippen LogP contribution in [0.2, 0.25) is 0 Å². The minimum Gasteiger partial charge on any atom is -0.487 e. The highest BCUT2D eigenvalue weighted by molar-refractivity contribution is 7.92. The number of benzene rings is 2. The molecule has 152 valence electrons. The molecule has 0 spiro atoms. The molecule has 0 radical (unpaired) electrons. The third kappa shape index (κ3) is 4.34. The molecule has 2 amide bonds. The van der Waals surface area contributed by atoms with Crippen molar-refractivity contribution in [1.82, 2.24) is 10.0 Å². The van der Waals surface area contributed by atoms with Crippen LogP contribution in [0.4, 0.5) is 5.69 Å². The number of carbonyl (C=O) groups excluding carboxylic acids is 2. The summed E-state index contributed by atoms with van der Waals surface area (Å²) in [7, 11) is -3.94. The first-order valence-electron chi connectivity index (χ1n) is 9.33. The van der Waals surface area contributed by atoms with E-state index < -0.39 is 16.1 Å². The lowest BCUT2D eigenvalue weighted by Gasteiger charge is -2.20. The molecule has 0 saturated carbocycles. The minimum atomic E-state index is -3.94. The zero-order valence-corrected chi connectivity index (χ0v) is 16.4. The lowest BCUT2D eigenvalue weighted by molar-refractivity contribution is -0.119. The van der Waals surface area contributed by atoms with Crippen molar-refractivity contribution in [3.63, 3.8) is 0 Å². The van der Waals surface area contributed by atoms with Crippen molar-refractivity contribution in [3.05, 3.63) is 59.7 Å². The Labute approximate surface area is 169 Å². The molecule has 2 aliphatic rings. The Bertz CT molecular complexity index is 1040. The lowest BCUT2D eigenvalue weighted by Crippen LogP contribution is -2.30. The summed E-state index contributed by atoms with van der Waals surface area (Å²) in [4.78, 5) is 23.1. The van der Waals surface area contributed by atoms with Crippen LogP contribution in [-0.2, 0) is 32.8 Å². The fourth-order valence-corrected chi connectivity index (χ4v) is 4.68. The molecule has 29 heavy (non-hydrogen) atoms. The monoisotopic (exact) mass is 415 g/mol. The number of amides is 2. The highest BCUT2D eigenvalue weighted by Crippen LogP contribution is 2.34. The Hall–Kier alpha value is -3.07. The third-order valence-corrected chi connectivity index (χ3v) is 6.31. The second-order valence-electron chi connectivity index (χ2n) is 7.12. The standard InChI is InChI=1S/C20H21N3O5S/c24-19-9-7-16(21-19)10-15-6-8-17(23-12-20(25)22-29(23,26)27)18(11-15)28-13-14-4-2-1-3-5-14/h1-6,8,11,16H,7,9-10,12-13H2,(H,21,24)(H,22,25)/t16-/m0/s1. The Balaban J connectivity index is 1.62. The van der Waals surface area contributed by atoms with Crippen LogP contribution < -0.4 is 19.1 Å². The van der Waals surface area contributed by atoms with Crippen molar-refractivity contribution in [2.45, 2.75) is 31.9 Å². The summed E-state index contributed by atoms with van der Waals surface area (Å²) in [5, 5.41) is 2.93. The summed E-state index contributed by atoms with van der Waals surface area (Å²) in [6.45, 7) is -0.0330. The van der Waals surface area contributed by atoms with Crippen molar-refractivity contribution < 1.29 is 22.7 Å².